The number of methoxy groups -OCH3 is 1. The van der Waals surface area contributed by atoms with E-state index in [-0.39, 0.29) is 18.0 Å². The van der Waals surface area contributed by atoms with Crippen LogP contribution in [0.15, 0.2) is 36.5 Å². The molecule has 0 spiro atoms. The van der Waals surface area contributed by atoms with Crippen molar-refractivity contribution in [3.8, 4) is 0 Å². The Morgan fingerprint density at radius 1 is 1.24 bits per heavy atom. The maximum absolute atomic E-state index is 12.9. The first-order valence-corrected chi connectivity index (χ1v) is 11.4. The Labute approximate surface area is 196 Å². The second-order valence-corrected chi connectivity index (χ2v) is 8.37. The first kappa shape index (κ1) is 26.1. The molecule has 33 heavy (non-hydrogen) atoms. The molecular weight excluding hydrogens is 418 g/mol. The smallest absolute Gasteiger partial charge is 0.251 e. The Morgan fingerprint density at radius 3 is 2.61 bits per heavy atom. The summed E-state index contributed by atoms with van der Waals surface area (Å²) < 4.78 is 5.05. The highest BCUT2D eigenvalue weighted by molar-refractivity contribution is 6.02. The molecule has 180 valence electrons. The molecule has 1 aromatic carbocycles. The Balaban J connectivity index is 2.04. The number of nitrogens with one attached hydrogen (secondary N) is 2. The van der Waals surface area contributed by atoms with E-state index in [1.165, 1.54) is 0 Å². The van der Waals surface area contributed by atoms with Gasteiger partial charge in [0.05, 0.1) is 5.56 Å². The van der Waals surface area contributed by atoms with Crippen LogP contribution >= 0.6 is 0 Å². The zero-order valence-electron chi connectivity index (χ0n) is 20.4. The zero-order chi connectivity index (χ0) is 24.4. The molecule has 2 atom stereocenters. The topological polar surface area (TPSA) is 110 Å². The number of amides is 2. The van der Waals surface area contributed by atoms with Gasteiger partial charge in [0, 0.05) is 56.8 Å². The van der Waals surface area contributed by atoms with Crippen LogP contribution < -0.4 is 21.3 Å². The molecule has 0 aliphatic rings. The number of aromatic nitrogens is 1. The predicted molar refractivity (Wildman–Crippen MR) is 133 cm³/mol. The monoisotopic (exact) mass is 455 g/mol. The molecule has 0 aliphatic heterocycles. The molecule has 2 amide bonds. The molecule has 0 bridgehead atoms. The third-order valence-electron chi connectivity index (χ3n) is 5.67. The Kier molecular flexibility index (Phi) is 10.1. The molecule has 0 saturated heterocycles. The average Bonchev–Trinajstić information content (AvgIpc) is 2.80. The highest BCUT2D eigenvalue weighted by atomic mass is 16.5. The van der Waals surface area contributed by atoms with Crippen molar-refractivity contribution in [2.24, 2.45) is 5.73 Å². The van der Waals surface area contributed by atoms with Gasteiger partial charge in [0.15, 0.2) is 0 Å². The summed E-state index contributed by atoms with van der Waals surface area (Å²) in [4.78, 5) is 31.4. The summed E-state index contributed by atoms with van der Waals surface area (Å²) in [6.45, 7) is 7.35. The van der Waals surface area contributed by atoms with Crippen molar-refractivity contribution < 1.29 is 14.3 Å². The first-order valence-electron chi connectivity index (χ1n) is 11.4. The quantitative estimate of drug-likeness (QED) is 0.400. The molecule has 8 heteroatoms. The van der Waals surface area contributed by atoms with Gasteiger partial charge < -0.3 is 26.0 Å². The lowest BCUT2D eigenvalue weighted by molar-refractivity contribution is 0.0934. The summed E-state index contributed by atoms with van der Waals surface area (Å²) >= 11 is 0. The van der Waals surface area contributed by atoms with Crippen molar-refractivity contribution in [3.63, 3.8) is 0 Å². The number of aryl methyl sites for hydroxylation is 1. The number of carbonyl (C=O) groups excluding carboxylic acids is 2. The summed E-state index contributed by atoms with van der Waals surface area (Å²) in [5.74, 6) is 0.185. The van der Waals surface area contributed by atoms with Crippen molar-refractivity contribution >= 4 is 23.3 Å². The van der Waals surface area contributed by atoms with Gasteiger partial charge in [0.2, 0.25) is 0 Å². The van der Waals surface area contributed by atoms with Gasteiger partial charge in [-0.15, -0.1) is 0 Å². The normalized spacial score (nSPS) is 12.6. The number of carbonyl (C=O) groups is 2. The number of primary amides is 1. The summed E-state index contributed by atoms with van der Waals surface area (Å²) in [7, 11) is 3.67. The van der Waals surface area contributed by atoms with E-state index in [1.807, 2.05) is 39.2 Å². The van der Waals surface area contributed by atoms with Gasteiger partial charge in [-0.2, -0.15) is 0 Å². The minimum Gasteiger partial charge on any atom is -0.385 e. The number of pyridine rings is 1. The molecule has 2 unspecified atom stereocenters. The van der Waals surface area contributed by atoms with Crippen LogP contribution in [-0.4, -0.2) is 56.2 Å². The van der Waals surface area contributed by atoms with E-state index in [1.54, 1.807) is 25.3 Å². The van der Waals surface area contributed by atoms with Gasteiger partial charge in [0.1, 0.15) is 5.82 Å². The largest absolute Gasteiger partial charge is 0.385 e. The van der Waals surface area contributed by atoms with E-state index < -0.39 is 5.91 Å². The predicted octanol–water partition coefficient (Wildman–Crippen LogP) is 3.36. The fraction of sp³-hybridized carbons (Fsp3) is 0.480. The molecule has 4 N–H and O–H groups in total. The Bertz CT molecular complexity index is 917. The van der Waals surface area contributed by atoms with Gasteiger partial charge in [-0.1, -0.05) is 13.0 Å². The summed E-state index contributed by atoms with van der Waals surface area (Å²) in [5.41, 5.74) is 8.00. The zero-order valence-corrected chi connectivity index (χ0v) is 20.4. The van der Waals surface area contributed by atoms with E-state index in [4.69, 9.17) is 10.5 Å². The number of ether oxygens (including phenoxy) is 1. The van der Waals surface area contributed by atoms with Gasteiger partial charge in [0.25, 0.3) is 11.8 Å². The number of anilines is 2. The van der Waals surface area contributed by atoms with Crippen LogP contribution in [-0.2, 0) is 4.74 Å². The van der Waals surface area contributed by atoms with Crippen LogP contribution in [0.5, 0.6) is 0 Å². The number of rotatable bonds is 13. The lowest BCUT2D eigenvalue weighted by atomic mass is 10.0. The van der Waals surface area contributed by atoms with Crippen molar-refractivity contribution in [2.75, 3.05) is 37.5 Å². The third-order valence-corrected chi connectivity index (χ3v) is 5.67. The molecule has 0 radical (unpaired) electrons. The lowest BCUT2D eigenvalue weighted by Gasteiger charge is -2.30. The van der Waals surface area contributed by atoms with E-state index in [9.17, 15) is 9.59 Å². The second-order valence-electron chi connectivity index (χ2n) is 8.37. The van der Waals surface area contributed by atoms with Crippen molar-refractivity contribution in [1.82, 2.24) is 10.3 Å². The molecule has 0 aliphatic carbocycles. The molecule has 0 fully saturated rings. The minimum atomic E-state index is -0.539. The number of nitrogens with zero attached hydrogens (tertiary/aromatic N) is 2. The van der Waals surface area contributed by atoms with Crippen LogP contribution in [0.4, 0.5) is 11.5 Å². The van der Waals surface area contributed by atoms with Gasteiger partial charge in [-0.25, -0.2) is 4.98 Å². The van der Waals surface area contributed by atoms with Crippen LogP contribution in [0.1, 0.15) is 59.4 Å². The highest BCUT2D eigenvalue weighted by Crippen LogP contribution is 2.20. The van der Waals surface area contributed by atoms with Crippen LogP contribution in [0.3, 0.4) is 0 Å². The standard InChI is InChI=1S/C25H37N5O3/c1-6-20(30(4)23-11-8-17(2)16-28-23)14-18(3)29-25(32)19-9-10-21(24(26)31)22(15-19)27-12-7-13-33-5/h8-11,15-16,18,20,27H,6-7,12-14H2,1-5H3,(H2,26,31)(H,29,32). The van der Waals surface area contributed by atoms with Crippen LogP contribution in [0.25, 0.3) is 0 Å². The maximum Gasteiger partial charge on any atom is 0.251 e. The van der Waals surface area contributed by atoms with Crippen molar-refractivity contribution in [2.45, 2.75) is 52.1 Å². The first-order chi connectivity index (χ1) is 15.8. The third kappa shape index (κ3) is 7.75. The van der Waals surface area contributed by atoms with Gasteiger partial charge in [-0.05, 0) is 62.9 Å². The Hall–Kier alpha value is -3.13. The van der Waals surface area contributed by atoms with Crippen molar-refractivity contribution in [1.29, 1.82) is 0 Å². The SMILES string of the molecule is CCC(CC(C)NC(=O)c1ccc(C(N)=O)c(NCCCOC)c1)N(C)c1ccc(C)cn1. The second kappa shape index (κ2) is 12.8. The molecule has 2 rings (SSSR count). The minimum absolute atomic E-state index is 0.0516. The Morgan fingerprint density at radius 2 is 2.00 bits per heavy atom. The lowest BCUT2D eigenvalue weighted by Crippen LogP contribution is -2.40. The summed E-state index contributed by atoms with van der Waals surface area (Å²) in [6.07, 6.45) is 4.33. The van der Waals surface area contributed by atoms with Gasteiger partial charge >= 0.3 is 0 Å². The van der Waals surface area contributed by atoms with Crippen LogP contribution in [0, 0.1) is 6.92 Å². The van der Waals surface area contributed by atoms with E-state index in [2.05, 4.69) is 27.4 Å². The maximum atomic E-state index is 12.9. The number of benzene rings is 1. The number of hydrogen-bond acceptors (Lipinski definition) is 6. The molecule has 2 aromatic rings. The van der Waals surface area contributed by atoms with Gasteiger partial charge in [-0.3, -0.25) is 9.59 Å². The summed E-state index contributed by atoms with van der Waals surface area (Å²) in [6, 6.07) is 9.13. The fourth-order valence-corrected chi connectivity index (χ4v) is 3.71. The highest BCUT2D eigenvalue weighted by Gasteiger charge is 2.20. The fourth-order valence-electron chi connectivity index (χ4n) is 3.71. The number of hydrogen-bond donors (Lipinski definition) is 3. The van der Waals surface area contributed by atoms with Crippen LogP contribution in [0.2, 0.25) is 0 Å². The molecule has 0 saturated carbocycles. The molecular formula is C25H37N5O3. The number of nitrogens with two attached hydrogens (primary N) is 1. The molecule has 1 heterocycles. The van der Waals surface area contributed by atoms with E-state index >= 15 is 0 Å². The molecule has 1 aromatic heterocycles. The van der Waals surface area contributed by atoms with E-state index in [0.29, 0.717) is 30.0 Å². The van der Waals surface area contributed by atoms with E-state index in [0.717, 1.165) is 30.6 Å². The summed E-state index contributed by atoms with van der Waals surface area (Å²) in [5, 5.41) is 6.26. The average molecular weight is 456 g/mol. The molecule has 8 nitrogen and oxygen atoms in total. The van der Waals surface area contributed by atoms with Crippen molar-refractivity contribution in [3.05, 3.63) is 53.2 Å².